The van der Waals surface area contributed by atoms with E-state index in [4.69, 9.17) is 18.0 Å². The summed E-state index contributed by atoms with van der Waals surface area (Å²) in [5.74, 6) is 1.79. The molecule has 3 heteroatoms. The monoisotopic (exact) mass is 254 g/mol. The van der Waals surface area contributed by atoms with Crippen molar-refractivity contribution in [2.75, 3.05) is 19.6 Å². The number of piperidine rings is 1. The first kappa shape index (κ1) is 13.3. The van der Waals surface area contributed by atoms with Crippen molar-refractivity contribution in [3.63, 3.8) is 0 Å². The molecule has 2 rings (SSSR count). The summed E-state index contributed by atoms with van der Waals surface area (Å²) in [5, 5.41) is 0. The first-order valence-electron chi connectivity index (χ1n) is 7.01. The number of hydrogen-bond acceptors (Lipinski definition) is 2. The summed E-state index contributed by atoms with van der Waals surface area (Å²) in [5.41, 5.74) is 6.17. The molecule has 1 heterocycles. The van der Waals surface area contributed by atoms with Gasteiger partial charge in [-0.15, -0.1) is 0 Å². The van der Waals surface area contributed by atoms with Gasteiger partial charge in [-0.1, -0.05) is 26.1 Å². The number of nitrogens with zero attached hydrogens (tertiary/aromatic N) is 1. The number of hydrogen-bond donors (Lipinski definition) is 1. The summed E-state index contributed by atoms with van der Waals surface area (Å²) in [4.78, 5) is 3.35. The van der Waals surface area contributed by atoms with E-state index < -0.39 is 0 Å². The Balaban J connectivity index is 1.76. The Kier molecular flexibility index (Phi) is 4.09. The van der Waals surface area contributed by atoms with E-state index in [0.717, 1.165) is 18.3 Å². The smallest absolute Gasteiger partial charge is 0.0733 e. The fraction of sp³-hybridized carbons (Fsp3) is 0.929. The maximum absolute atomic E-state index is 5.70. The molecule has 0 aromatic carbocycles. The highest BCUT2D eigenvalue weighted by Gasteiger charge is 2.44. The second-order valence-corrected chi connectivity index (χ2v) is 7.03. The van der Waals surface area contributed by atoms with E-state index in [2.05, 4.69) is 18.7 Å². The zero-order valence-corrected chi connectivity index (χ0v) is 12.1. The Morgan fingerprint density at radius 1 is 1.35 bits per heavy atom. The van der Waals surface area contributed by atoms with Crippen LogP contribution in [-0.4, -0.2) is 29.5 Å². The molecule has 17 heavy (non-hydrogen) atoms. The first-order valence-corrected chi connectivity index (χ1v) is 7.42. The van der Waals surface area contributed by atoms with Crippen molar-refractivity contribution in [1.29, 1.82) is 0 Å². The van der Waals surface area contributed by atoms with Crippen molar-refractivity contribution in [2.24, 2.45) is 23.0 Å². The summed E-state index contributed by atoms with van der Waals surface area (Å²) in [7, 11) is 0. The van der Waals surface area contributed by atoms with Crippen molar-refractivity contribution in [3.05, 3.63) is 0 Å². The van der Waals surface area contributed by atoms with Gasteiger partial charge in [-0.05, 0) is 56.0 Å². The average Bonchev–Trinajstić information content (AvgIpc) is 2.97. The van der Waals surface area contributed by atoms with Gasteiger partial charge in [0.15, 0.2) is 0 Å². The SMILES string of the molecule is CC(C)C1CCN(CC2(CC(N)=S)CC2)CC1. The topological polar surface area (TPSA) is 29.3 Å². The maximum atomic E-state index is 5.70. The van der Waals surface area contributed by atoms with Crippen LogP contribution < -0.4 is 5.73 Å². The van der Waals surface area contributed by atoms with Gasteiger partial charge in [-0.25, -0.2) is 0 Å². The molecule has 1 aliphatic heterocycles. The molecule has 2 N–H and O–H groups in total. The highest BCUT2D eigenvalue weighted by atomic mass is 32.1. The molecule has 2 nitrogen and oxygen atoms in total. The minimum atomic E-state index is 0.469. The lowest BCUT2D eigenvalue weighted by Gasteiger charge is -2.36. The van der Waals surface area contributed by atoms with Gasteiger partial charge in [0, 0.05) is 13.0 Å². The van der Waals surface area contributed by atoms with Gasteiger partial charge in [0.2, 0.25) is 0 Å². The van der Waals surface area contributed by atoms with Gasteiger partial charge in [0.05, 0.1) is 4.99 Å². The van der Waals surface area contributed by atoms with E-state index in [1.165, 1.54) is 45.3 Å². The summed E-state index contributed by atoms with van der Waals surface area (Å²) >= 11 is 5.06. The Labute approximate surface area is 111 Å². The van der Waals surface area contributed by atoms with E-state index >= 15 is 0 Å². The molecule has 0 amide bonds. The van der Waals surface area contributed by atoms with Crippen LogP contribution in [0.4, 0.5) is 0 Å². The molecule has 0 spiro atoms. The third-order valence-corrected chi connectivity index (χ3v) is 4.78. The van der Waals surface area contributed by atoms with Crippen LogP contribution in [0.15, 0.2) is 0 Å². The molecule has 1 saturated carbocycles. The molecule has 0 aromatic heterocycles. The zero-order valence-electron chi connectivity index (χ0n) is 11.2. The van der Waals surface area contributed by atoms with E-state index in [0.29, 0.717) is 10.4 Å². The predicted molar refractivity (Wildman–Crippen MR) is 77.1 cm³/mol. The molecule has 0 atom stereocenters. The summed E-state index contributed by atoms with van der Waals surface area (Å²) in [6, 6.07) is 0. The van der Waals surface area contributed by atoms with Gasteiger partial charge < -0.3 is 10.6 Å². The number of likely N-dealkylation sites (tertiary alicyclic amines) is 1. The molecule has 2 fully saturated rings. The van der Waals surface area contributed by atoms with Gasteiger partial charge in [-0.3, -0.25) is 0 Å². The second kappa shape index (κ2) is 5.23. The highest BCUT2D eigenvalue weighted by molar-refractivity contribution is 7.80. The fourth-order valence-corrected chi connectivity index (χ4v) is 3.50. The van der Waals surface area contributed by atoms with Gasteiger partial charge in [-0.2, -0.15) is 0 Å². The van der Waals surface area contributed by atoms with Crippen LogP contribution in [0, 0.1) is 17.3 Å². The minimum absolute atomic E-state index is 0.469. The lowest BCUT2D eigenvalue weighted by atomic mass is 9.86. The molecule has 1 saturated heterocycles. The van der Waals surface area contributed by atoms with E-state index in [1.54, 1.807) is 0 Å². The summed E-state index contributed by atoms with van der Waals surface area (Å²) in [6.45, 7) is 8.50. The predicted octanol–water partition coefficient (Wildman–Crippen LogP) is 2.81. The largest absolute Gasteiger partial charge is 0.393 e. The highest BCUT2D eigenvalue weighted by Crippen LogP contribution is 2.49. The van der Waals surface area contributed by atoms with Crippen molar-refractivity contribution in [1.82, 2.24) is 4.90 Å². The van der Waals surface area contributed by atoms with Crippen LogP contribution in [0.3, 0.4) is 0 Å². The number of rotatable bonds is 5. The van der Waals surface area contributed by atoms with Gasteiger partial charge >= 0.3 is 0 Å². The Morgan fingerprint density at radius 2 is 1.94 bits per heavy atom. The van der Waals surface area contributed by atoms with Crippen molar-refractivity contribution in [2.45, 2.75) is 46.0 Å². The van der Waals surface area contributed by atoms with Gasteiger partial charge in [0.1, 0.15) is 0 Å². The van der Waals surface area contributed by atoms with Crippen molar-refractivity contribution in [3.8, 4) is 0 Å². The lowest BCUT2D eigenvalue weighted by molar-refractivity contribution is 0.135. The Bertz CT molecular complexity index is 276. The van der Waals surface area contributed by atoms with Crippen molar-refractivity contribution >= 4 is 17.2 Å². The molecular formula is C14H26N2S. The summed E-state index contributed by atoms with van der Waals surface area (Å²) in [6.07, 6.45) is 6.37. The normalized spacial score (nSPS) is 25.1. The lowest BCUT2D eigenvalue weighted by Crippen LogP contribution is -2.39. The second-order valence-electron chi connectivity index (χ2n) is 6.50. The number of thiocarbonyl (C=S) groups is 1. The Morgan fingerprint density at radius 3 is 2.35 bits per heavy atom. The maximum Gasteiger partial charge on any atom is 0.0733 e. The molecule has 2 aliphatic rings. The molecule has 0 bridgehead atoms. The molecule has 1 aliphatic carbocycles. The van der Waals surface area contributed by atoms with Gasteiger partial charge in [0.25, 0.3) is 0 Å². The molecule has 0 radical (unpaired) electrons. The number of nitrogens with two attached hydrogens (primary N) is 1. The summed E-state index contributed by atoms with van der Waals surface area (Å²) < 4.78 is 0. The average molecular weight is 254 g/mol. The Hall–Kier alpha value is -0.150. The third kappa shape index (κ3) is 3.65. The fourth-order valence-electron chi connectivity index (χ4n) is 3.19. The van der Waals surface area contributed by atoms with Crippen LogP contribution in [0.5, 0.6) is 0 Å². The minimum Gasteiger partial charge on any atom is -0.393 e. The van der Waals surface area contributed by atoms with E-state index in [1.807, 2.05) is 0 Å². The first-order chi connectivity index (χ1) is 8.01. The van der Waals surface area contributed by atoms with Crippen LogP contribution in [0.25, 0.3) is 0 Å². The van der Waals surface area contributed by atoms with E-state index in [-0.39, 0.29) is 0 Å². The van der Waals surface area contributed by atoms with Crippen LogP contribution >= 0.6 is 12.2 Å². The quantitative estimate of drug-likeness (QED) is 0.765. The van der Waals surface area contributed by atoms with Crippen LogP contribution in [0.1, 0.15) is 46.0 Å². The molecule has 0 unspecified atom stereocenters. The zero-order chi connectivity index (χ0) is 12.5. The third-order valence-electron chi connectivity index (χ3n) is 4.64. The van der Waals surface area contributed by atoms with Crippen LogP contribution in [0.2, 0.25) is 0 Å². The van der Waals surface area contributed by atoms with Crippen molar-refractivity contribution < 1.29 is 0 Å². The van der Waals surface area contributed by atoms with E-state index in [9.17, 15) is 0 Å². The molecule has 0 aromatic rings. The standard InChI is InChI=1S/C14H26N2S/c1-11(2)12-3-7-16(8-4-12)10-14(5-6-14)9-13(15)17/h11-12H,3-10H2,1-2H3,(H2,15,17). The van der Waals surface area contributed by atoms with Crippen LogP contribution in [-0.2, 0) is 0 Å². The molecule has 98 valence electrons. The molecular weight excluding hydrogens is 228 g/mol.